The first kappa shape index (κ1) is 18.3. The van der Waals surface area contributed by atoms with Crippen molar-refractivity contribution in [2.24, 2.45) is 0 Å². The predicted octanol–water partition coefficient (Wildman–Crippen LogP) is 2.41. The summed E-state index contributed by atoms with van der Waals surface area (Å²) in [6.45, 7) is 3.98. The summed E-state index contributed by atoms with van der Waals surface area (Å²) in [5.74, 6) is -0.606. The summed E-state index contributed by atoms with van der Waals surface area (Å²) < 4.78 is 4.57. The average molecular weight is 320 g/mol. The van der Waals surface area contributed by atoms with Crippen LogP contribution < -0.4 is 0 Å². The van der Waals surface area contributed by atoms with Crippen molar-refractivity contribution < 1.29 is 19.2 Å². The fraction of sp³-hybridized carbons (Fsp3) is 0.375. The number of carbonyl (C=O) groups is 2. The molecule has 0 aliphatic heterocycles. The fourth-order valence-electron chi connectivity index (χ4n) is 1.91. The molecule has 0 spiro atoms. The number of amides is 1. The topological polar surface area (TPSA) is 89.8 Å². The van der Waals surface area contributed by atoms with E-state index in [9.17, 15) is 19.7 Å². The number of carbonyl (C=O) groups excluding carboxylic acids is 2. The largest absolute Gasteiger partial charge is 0.469 e. The Hall–Kier alpha value is -2.70. The second-order valence-corrected chi connectivity index (χ2v) is 5.13. The molecule has 1 aromatic rings. The highest BCUT2D eigenvalue weighted by Crippen LogP contribution is 2.13. The molecule has 0 saturated carbocycles. The van der Waals surface area contributed by atoms with Gasteiger partial charge in [0.05, 0.1) is 18.5 Å². The Morgan fingerprint density at radius 2 is 1.91 bits per heavy atom. The SMILES string of the molecule is COC(=O)CCN(C(=O)/C=C/c1ccc([N+](=O)[O-])cc1)C(C)C. The van der Waals surface area contributed by atoms with Gasteiger partial charge < -0.3 is 9.64 Å². The number of nitrogens with zero attached hydrogens (tertiary/aromatic N) is 2. The lowest BCUT2D eigenvalue weighted by Crippen LogP contribution is -2.37. The van der Waals surface area contributed by atoms with Gasteiger partial charge in [0.2, 0.25) is 5.91 Å². The highest BCUT2D eigenvalue weighted by atomic mass is 16.6. The first-order valence-corrected chi connectivity index (χ1v) is 7.15. The summed E-state index contributed by atoms with van der Waals surface area (Å²) >= 11 is 0. The number of rotatable bonds is 7. The summed E-state index contributed by atoms with van der Waals surface area (Å²) in [4.78, 5) is 35.1. The monoisotopic (exact) mass is 320 g/mol. The van der Waals surface area contributed by atoms with Crippen molar-refractivity contribution in [3.63, 3.8) is 0 Å². The molecular weight excluding hydrogens is 300 g/mol. The van der Waals surface area contributed by atoms with E-state index >= 15 is 0 Å². The Kier molecular flexibility index (Phi) is 6.92. The molecule has 0 aliphatic carbocycles. The maximum absolute atomic E-state index is 12.2. The third kappa shape index (κ3) is 5.90. The summed E-state index contributed by atoms with van der Waals surface area (Å²) in [6, 6.07) is 5.82. The van der Waals surface area contributed by atoms with Gasteiger partial charge in [0, 0.05) is 30.8 Å². The van der Waals surface area contributed by atoms with Crippen LogP contribution in [0, 0.1) is 10.1 Å². The summed E-state index contributed by atoms with van der Waals surface area (Å²) in [5, 5.41) is 10.6. The molecule has 0 bridgehead atoms. The van der Waals surface area contributed by atoms with E-state index in [1.54, 1.807) is 23.1 Å². The Morgan fingerprint density at radius 3 is 2.39 bits per heavy atom. The number of methoxy groups -OCH3 is 1. The average Bonchev–Trinajstić information content (AvgIpc) is 2.52. The number of ether oxygens (including phenoxy) is 1. The predicted molar refractivity (Wildman–Crippen MR) is 85.6 cm³/mol. The molecule has 0 aliphatic rings. The minimum absolute atomic E-state index is 0.00429. The highest BCUT2D eigenvalue weighted by Gasteiger charge is 2.16. The zero-order valence-electron chi connectivity index (χ0n) is 13.4. The van der Waals surface area contributed by atoms with E-state index in [-0.39, 0.29) is 36.6 Å². The van der Waals surface area contributed by atoms with Crippen LogP contribution in [0.1, 0.15) is 25.8 Å². The number of non-ortho nitro benzene ring substituents is 1. The van der Waals surface area contributed by atoms with Crippen molar-refractivity contribution >= 4 is 23.6 Å². The van der Waals surface area contributed by atoms with Crippen molar-refractivity contribution in [2.45, 2.75) is 26.3 Å². The molecule has 23 heavy (non-hydrogen) atoms. The van der Waals surface area contributed by atoms with Crippen LogP contribution in [0.5, 0.6) is 0 Å². The first-order valence-electron chi connectivity index (χ1n) is 7.15. The molecule has 0 radical (unpaired) electrons. The molecule has 1 aromatic carbocycles. The lowest BCUT2D eigenvalue weighted by molar-refractivity contribution is -0.384. The number of hydrogen-bond acceptors (Lipinski definition) is 5. The van der Waals surface area contributed by atoms with Crippen LogP contribution >= 0.6 is 0 Å². The highest BCUT2D eigenvalue weighted by molar-refractivity contribution is 5.92. The van der Waals surface area contributed by atoms with Gasteiger partial charge in [-0.05, 0) is 37.6 Å². The van der Waals surface area contributed by atoms with E-state index < -0.39 is 4.92 Å². The van der Waals surface area contributed by atoms with Crippen molar-refractivity contribution in [3.05, 3.63) is 46.0 Å². The van der Waals surface area contributed by atoms with Crippen LogP contribution in [0.25, 0.3) is 6.08 Å². The van der Waals surface area contributed by atoms with Crippen LogP contribution in [-0.2, 0) is 14.3 Å². The normalized spacial score (nSPS) is 10.8. The molecule has 0 heterocycles. The van der Waals surface area contributed by atoms with E-state index in [2.05, 4.69) is 4.74 Å². The van der Waals surface area contributed by atoms with Gasteiger partial charge in [-0.1, -0.05) is 0 Å². The van der Waals surface area contributed by atoms with Crippen molar-refractivity contribution in [2.75, 3.05) is 13.7 Å². The van der Waals surface area contributed by atoms with Gasteiger partial charge in [-0.2, -0.15) is 0 Å². The molecule has 0 fully saturated rings. The molecule has 0 N–H and O–H groups in total. The van der Waals surface area contributed by atoms with Crippen molar-refractivity contribution in [1.29, 1.82) is 0 Å². The first-order chi connectivity index (χ1) is 10.8. The molecule has 7 nitrogen and oxygen atoms in total. The number of esters is 1. The van der Waals surface area contributed by atoms with Crippen LogP contribution in [0.3, 0.4) is 0 Å². The van der Waals surface area contributed by atoms with E-state index in [1.165, 1.54) is 25.3 Å². The minimum Gasteiger partial charge on any atom is -0.469 e. The quantitative estimate of drug-likeness (QED) is 0.333. The van der Waals surface area contributed by atoms with Gasteiger partial charge in [-0.3, -0.25) is 19.7 Å². The van der Waals surface area contributed by atoms with Gasteiger partial charge in [0.15, 0.2) is 0 Å². The molecule has 0 unspecified atom stereocenters. The second-order valence-electron chi connectivity index (χ2n) is 5.13. The molecule has 0 aromatic heterocycles. The summed E-state index contributed by atoms with van der Waals surface area (Å²) in [5.41, 5.74) is 0.677. The third-order valence-corrected chi connectivity index (χ3v) is 3.21. The lowest BCUT2D eigenvalue weighted by atomic mass is 10.2. The molecular formula is C16H20N2O5. The van der Waals surface area contributed by atoms with Gasteiger partial charge in [0.1, 0.15) is 0 Å². The number of hydrogen-bond donors (Lipinski definition) is 0. The summed E-state index contributed by atoms with van der Waals surface area (Å²) in [7, 11) is 1.30. The minimum atomic E-state index is -0.480. The Bertz CT molecular complexity index is 593. The smallest absolute Gasteiger partial charge is 0.307 e. The second kappa shape index (κ2) is 8.67. The zero-order chi connectivity index (χ0) is 17.4. The Labute approximate surface area is 134 Å². The van der Waals surface area contributed by atoms with Gasteiger partial charge in [-0.15, -0.1) is 0 Å². The van der Waals surface area contributed by atoms with Crippen molar-refractivity contribution in [3.8, 4) is 0 Å². The molecule has 1 amide bonds. The van der Waals surface area contributed by atoms with E-state index in [0.717, 1.165) is 0 Å². The molecule has 0 atom stereocenters. The van der Waals surface area contributed by atoms with Gasteiger partial charge in [0.25, 0.3) is 5.69 Å². The fourth-order valence-corrected chi connectivity index (χ4v) is 1.91. The molecule has 0 saturated heterocycles. The zero-order valence-corrected chi connectivity index (χ0v) is 13.4. The standard InChI is InChI=1S/C16H20N2O5/c1-12(2)17(11-10-16(20)23-3)15(19)9-6-13-4-7-14(8-5-13)18(21)22/h4-9,12H,10-11H2,1-3H3/b9-6+. The van der Waals surface area contributed by atoms with E-state index in [1.807, 2.05) is 13.8 Å². The van der Waals surface area contributed by atoms with Gasteiger partial charge in [-0.25, -0.2) is 0 Å². The lowest BCUT2D eigenvalue weighted by Gasteiger charge is -2.25. The number of benzene rings is 1. The maximum atomic E-state index is 12.2. The number of nitro benzene ring substituents is 1. The van der Waals surface area contributed by atoms with Crippen LogP contribution in [-0.4, -0.2) is 41.4 Å². The van der Waals surface area contributed by atoms with E-state index in [4.69, 9.17) is 0 Å². The Morgan fingerprint density at radius 1 is 1.30 bits per heavy atom. The van der Waals surface area contributed by atoms with Crippen molar-refractivity contribution in [1.82, 2.24) is 4.90 Å². The van der Waals surface area contributed by atoms with Crippen LogP contribution in [0.15, 0.2) is 30.3 Å². The molecule has 124 valence electrons. The van der Waals surface area contributed by atoms with Crippen LogP contribution in [0.4, 0.5) is 5.69 Å². The van der Waals surface area contributed by atoms with E-state index in [0.29, 0.717) is 5.56 Å². The molecule has 7 heteroatoms. The third-order valence-electron chi connectivity index (χ3n) is 3.21. The van der Waals surface area contributed by atoms with Gasteiger partial charge >= 0.3 is 5.97 Å². The maximum Gasteiger partial charge on any atom is 0.307 e. The summed E-state index contributed by atoms with van der Waals surface area (Å²) in [6.07, 6.45) is 3.10. The molecule has 1 rings (SSSR count). The Balaban J connectivity index is 2.73. The van der Waals surface area contributed by atoms with Crippen LogP contribution in [0.2, 0.25) is 0 Å². The number of nitro groups is 1.